The highest BCUT2D eigenvalue weighted by Crippen LogP contribution is 2.24. The van der Waals surface area contributed by atoms with Gasteiger partial charge in [-0.15, -0.1) is 0 Å². The van der Waals surface area contributed by atoms with Gasteiger partial charge in [0, 0.05) is 18.8 Å². The number of hydrogen-bond donors (Lipinski definition) is 2. The zero-order chi connectivity index (χ0) is 13.0. The van der Waals surface area contributed by atoms with Crippen LogP contribution in [0.5, 0.6) is 0 Å². The maximum Gasteiger partial charge on any atom is 0.242 e. The van der Waals surface area contributed by atoms with Gasteiger partial charge >= 0.3 is 0 Å². The second kappa shape index (κ2) is 5.84. The minimum atomic E-state index is -0.378. The van der Waals surface area contributed by atoms with E-state index >= 15 is 0 Å². The standard InChI is InChI=1S/C13H19N3O2/c1-15-8-10-4-2-3-5-11(10)16-6-7-18-9-12(16)13(14)17/h2-5,12,15H,6-9H2,1H3,(H2,14,17). The van der Waals surface area contributed by atoms with Crippen LogP contribution in [0.15, 0.2) is 24.3 Å². The fourth-order valence-corrected chi connectivity index (χ4v) is 2.26. The van der Waals surface area contributed by atoms with Gasteiger partial charge in [0.2, 0.25) is 5.91 Å². The number of morpholine rings is 1. The normalized spacial score (nSPS) is 19.8. The molecule has 0 radical (unpaired) electrons. The maximum absolute atomic E-state index is 11.5. The van der Waals surface area contributed by atoms with Crippen molar-refractivity contribution in [1.82, 2.24) is 5.32 Å². The van der Waals surface area contributed by atoms with E-state index in [-0.39, 0.29) is 11.9 Å². The zero-order valence-electron chi connectivity index (χ0n) is 10.6. The van der Waals surface area contributed by atoms with Gasteiger partial charge in [0.1, 0.15) is 6.04 Å². The van der Waals surface area contributed by atoms with Gasteiger partial charge in [-0.3, -0.25) is 4.79 Å². The third kappa shape index (κ3) is 2.63. The minimum absolute atomic E-state index is 0.339. The Labute approximate surface area is 107 Å². The number of carbonyl (C=O) groups is 1. The van der Waals surface area contributed by atoms with Crippen molar-refractivity contribution in [3.8, 4) is 0 Å². The molecule has 0 saturated carbocycles. The van der Waals surface area contributed by atoms with Crippen LogP contribution in [0.3, 0.4) is 0 Å². The number of nitrogens with zero attached hydrogens (tertiary/aromatic N) is 1. The lowest BCUT2D eigenvalue weighted by molar-refractivity contribution is -0.121. The maximum atomic E-state index is 11.5. The highest BCUT2D eigenvalue weighted by Gasteiger charge is 2.28. The van der Waals surface area contributed by atoms with Gasteiger partial charge in [0.15, 0.2) is 0 Å². The van der Waals surface area contributed by atoms with Gasteiger partial charge in [-0.1, -0.05) is 18.2 Å². The number of nitrogens with two attached hydrogens (primary N) is 1. The molecule has 98 valence electrons. The topological polar surface area (TPSA) is 67.6 Å². The number of para-hydroxylation sites is 1. The van der Waals surface area contributed by atoms with Crippen molar-refractivity contribution in [1.29, 1.82) is 0 Å². The molecule has 0 aromatic heterocycles. The number of nitrogens with one attached hydrogen (secondary N) is 1. The summed E-state index contributed by atoms with van der Waals surface area (Å²) in [5.41, 5.74) is 7.66. The summed E-state index contributed by atoms with van der Waals surface area (Å²) in [5.74, 6) is -0.339. The van der Waals surface area contributed by atoms with Crippen LogP contribution in [-0.4, -0.2) is 38.8 Å². The molecule has 0 bridgehead atoms. The van der Waals surface area contributed by atoms with Crippen LogP contribution in [0, 0.1) is 0 Å². The van der Waals surface area contributed by atoms with Crippen LogP contribution in [0.25, 0.3) is 0 Å². The largest absolute Gasteiger partial charge is 0.377 e. The molecule has 1 aromatic carbocycles. The lowest BCUT2D eigenvalue weighted by Gasteiger charge is -2.36. The number of rotatable bonds is 4. The fourth-order valence-electron chi connectivity index (χ4n) is 2.26. The Balaban J connectivity index is 2.30. The van der Waals surface area contributed by atoms with Crippen molar-refractivity contribution in [2.24, 2.45) is 5.73 Å². The first-order chi connectivity index (χ1) is 8.74. The average molecular weight is 249 g/mol. The molecule has 1 fully saturated rings. The molecule has 1 aliphatic rings. The van der Waals surface area contributed by atoms with E-state index in [0.29, 0.717) is 19.8 Å². The lowest BCUT2D eigenvalue weighted by Crippen LogP contribution is -2.53. The Kier molecular flexibility index (Phi) is 4.17. The third-order valence-corrected chi connectivity index (χ3v) is 3.13. The first-order valence-electron chi connectivity index (χ1n) is 6.10. The number of carbonyl (C=O) groups excluding carboxylic acids is 1. The summed E-state index contributed by atoms with van der Waals surface area (Å²) in [6, 6.07) is 7.67. The van der Waals surface area contributed by atoms with Crippen molar-refractivity contribution >= 4 is 11.6 Å². The number of anilines is 1. The van der Waals surface area contributed by atoms with Crippen LogP contribution in [0.1, 0.15) is 5.56 Å². The second-order valence-electron chi connectivity index (χ2n) is 4.35. The summed E-state index contributed by atoms with van der Waals surface area (Å²) in [7, 11) is 1.90. The summed E-state index contributed by atoms with van der Waals surface area (Å²) in [6.07, 6.45) is 0. The van der Waals surface area contributed by atoms with Crippen LogP contribution in [0.4, 0.5) is 5.69 Å². The van der Waals surface area contributed by atoms with E-state index in [2.05, 4.69) is 11.4 Å². The zero-order valence-corrected chi connectivity index (χ0v) is 10.6. The molecule has 0 spiro atoms. The number of ether oxygens (including phenoxy) is 1. The Morgan fingerprint density at radius 3 is 3.06 bits per heavy atom. The first kappa shape index (κ1) is 12.9. The van der Waals surface area contributed by atoms with Crippen molar-refractivity contribution in [2.75, 3.05) is 31.7 Å². The van der Waals surface area contributed by atoms with E-state index in [0.717, 1.165) is 17.8 Å². The van der Waals surface area contributed by atoms with E-state index < -0.39 is 0 Å². The predicted molar refractivity (Wildman–Crippen MR) is 70.4 cm³/mol. The molecular weight excluding hydrogens is 230 g/mol. The first-order valence-corrected chi connectivity index (χ1v) is 6.10. The Hall–Kier alpha value is -1.59. The van der Waals surface area contributed by atoms with Crippen molar-refractivity contribution in [3.05, 3.63) is 29.8 Å². The second-order valence-corrected chi connectivity index (χ2v) is 4.35. The number of benzene rings is 1. The third-order valence-electron chi connectivity index (χ3n) is 3.13. The molecule has 5 heteroatoms. The molecule has 1 atom stereocenters. The molecule has 1 aliphatic heterocycles. The number of hydrogen-bond acceptors (Lipinski definition) is 4. The lowest BCUT2D eigenvalue weighted by atomic mass is 10.1. The van der Waals surface area contributed by atoms with E-state index in [1.165, 1.54) is 0 Å². The van der Waals surface area contributed by atoms with Crippen LogP contribution < -0.4 is 16.0 Å². The SMILES string of the molecule is CNCc1ccccc1N1CCOCC1C(N)=O. The van der Waals surface area contributed by atoms with Gasteiger partial charge in [-0.2, -0.15) is 0 Å². The van der Waals surface area contributed by atoms with E-state index in [9.17, 15) is 4.79 Å². The smallest absolute Gasteiger partial charge is 0.242 e. The Bertz CT molecular complexity index is 422. The summed E-state index contributed by atoms with van der Waals surface area (Å²) in [5, 5.41) is 3.13. The summed E-state index contributed by atoms with van der Waals surface area (Å²) < 4.78 is 5.34. The van der Waals surface area contributed by atoms with Crippen LogP contribution in [-0.2, 0) is 16.1 Å². The monoisotopic (exact) mass is 249 g/mol. The summed E-state index contributed by atoms with van der Waals surface area (Å²) >= 11 is 0. The molecule has 1 aromatic rings. The molecule has 3 N–H and O–H groups in total. The molecule has 1 amide bonds. The Morgan fingerprint density at radius 1 is 1.56 bits per heavy atom. The van der Waals surface area contributed by atoms with E-state index in [1.807, 2.05) is 30.1 Å². The highest BCUT2D eigenvalue weighted by atomic mass is 16.5. The van der Waals surface area contributed by atoms with Crippen molar-refractivity contribution in [3.63, 3.8) is 0 Å². The van der Waals surface area contributed by atoms with Crippen LogP contribution in [0.2, 0.25) is 0 Å². The molecule has 2 rings (SSSR count). The van der Waals surface area contributed by atoms with Crippen molar-refractivity contribution in [2.45, 2.75) is 12.6 Å². The van der Waals surface area contributed by atoms with Gasteiger partial charge < -0.3 is 20.7 Å². The molecule has 0 aliphatic carbocycles. The van der Waals surface area contributed by atoms with Gasteiger partial charge in [-0.05, 0) is 18.7 Å². The predicted octanol–water partition coefficient (Wildman–Crippen LogP) is 0.0965. The summed E-state index contributed by atoms with van der Waals surface area (Å²) in [6.45, 7) is 2.44. The van der Waals surface area contributed by atoms with E-state index in [4.69, 9.17) is 10.5 Å². The van der Waals surface area contributed by atoms with Gasteiger partial charge in [-0.25, -0.2) is 0 Å². The van der Waals surface area contributed by atoms with Gasteiger partial charge in [0.25, 0.3) is 0 Å². The van der Waals surface area contributed by atoms with Gasteiger partial charge in [0.05, 0.1) is 13.2 Å². The Morgan fingerprint density at radius 2 is 2.33 bits per heavy atom. The van der Waals surface area contributed by atoms with E-state index in [1.54, 1.807) is 0 Å². The molecule has 5 nitrogen and oxygen atoms in total. The molecule has 1 heterocycles. The minimum Gasteiger partial charge on any atom is -0.377 e. The average Bonchev–Trinajstić information content (AvgIpc) is 2.40. The summed E-state index contributed by atoms with van der Waals surface area (Å²) in [4.78, 5) is 13.5. The highest BCUT2D eigenvalue weighted by molar-refractivity contribution is 5.84. The quantitative estimate of drug-likeness (QED) is 0.794. The molecule has 1 unspecified atom stereocenters. The number of amides is 1. The molecular formula is C13H19N3O2. The molecule has 1 saturated heterocycles. The number of primary amides is 1. The fraction of sp³-hybridized carbons (Fsp3) is 0.462. The van der Waals surface area contributed by atoms with Crippen LogP contribution >= 0.6 is 0 Å². The van der Waals surface area contributed by atoms with Crippen molar-refractivity contribution < 1.29 is 9.53 Å². The molecule has 18 heavy (non-hydrogen) atoms.